The maximum absolute atomic E-state index is 12.5. The largest absolute Gasteiger partial charge is 0.515 e. The SMILES string of the molecule is NC(=O)c1ccc(C(=O)c2ccc3c(c2)NC(=O)C3=CO)cc1. The van der Waals surface area contributed by atoms with Crippen LogP contribution in [0.2, 0.25) is 0 Å². The van der Waals surface area contributed by atoms with Crippen LogP contribution in [-0.4, -0.2) is 22.7 Å². The van der Waals surface area contributed by atoms with E-state index in [4.69, 9.17) is 10.8 Å². The number of hydrogen-bond acceptors (Lipinski definition) is 4. The predicted molar refractivity (Wildman–Crippen MR) is 84.1 cm³/mol. The monoisotopic (exact) mass is 308 g/mol. The summed E-state index contributed by atoms with van der Waals surface area (Å²) < 4.78 is 0. The fraction of sp³-hybridized carbons (Fsp3) is 0. The zero-order valence-corrected chi connectivity index (χ0v) is 11.9. The van der Waals surface area contributed by atoms with Gasteiger partial charge in [0.1, 0.15) is 0 Å². The van der Waals surface area contributed by atoms with E-state index in [1.807, 2.05) is 0 Å². The topological polar surface area (TPSA) is 109 Å². The molecule has 0 atom stereocenters. The molecule has 0 fully saturated rings. The number of aliphatic hydroxyl groups excluding tert-OH is 1. The van der Waals surface area contributed by atoms with Crippen LogP contribution in [0.25, 0.3) is 5.57 Å². The van der Waals surface area contributed by atoms with Crippen LogP contribution < -0.4 is 11.1 Å². The van der Waals surface area contributed by atoms with Crippen LogP contribution in [0.1, 0.15) is 31.8 Å². The van der Waals surface area contributed by atoms with Crippen molar-refractivity contribution in [2.24, 2.45) is 5.73 Å². The van der Waals surface area contributed by atoms with Gasteiger partial charge < -0.3 is 16.2 Å². The Morgan fingerprint density at radius 2 is 1.61 bits per heavy atom. The quantitative estimate of drug-likeness (QED) is 0.457. The standard InChI is InChI=1S/C17H12N2O4/c18-16(22)10-3-1-9(2-4-10)15(21)11-5-6-12-13(8-20)17(23)19-14(12)7-11/h1-8,20H,(H2,18,22)(H,19,23). The normalized spacial score (nSPS) is 14.4. The molecule has 1 aliphatic heterocycles. The lowest BCUT2D eigenvalue weighted by molar-refractivity contribution is -0.110. The predicted octanol–water partition coefficient (Wildman–Crippen LogP) is 1.87. The van der Waals surface area contributed by atoms with Gasteiger partial charge in [-0.05, 0) is 18.2 Å². The molecular weight excluding hydrogens is 296 g/mol. The lowest BCUT2D eigenvalue weighted by Crippen LogP contribution is -2.11. The van der Waals surface area contributed by atoms with E-state index in [9.17, 15) is 14.4 Å². The highest BCUT2D eigenvalue weighted by atomic mass is 16.2. The molecule has 0 aliphatic carbocycles. The molecule has 2 aromatic rings. The number of carbonyl (C=O) groups excluding carboxylic acids is 3. The van der Waals surface area contributed by atoms with Crippen molar-refractivity contribution >= 4 is 28.9 Å². The summed E-state index contributed by atoms with van der Waals surface area (Å²) in [5.41, 5.74) is 7.43. The maximum Gasteiger partial charge on any atom is 0.259 e. The Bertz CT molecular complexity index is 867. The van der Waals surface area contributed by atoms with Gasteiger partial charge in [0.05, 0.1) is 11.8 Å². The molecule has 2 amide bonds. The number of primary amides is 1. The highest BCUT2D eigenvalue weighted by Crippen LogP contribution is 2.32. The number of fused-ring (bicyclic) bond motifs is 1. The van der Waals surface area contributed by atoms with Crippen molar-refractivity contribution in [2.45, 2.75) is 0 Å². The van der Waals surface area contributed by atoms with Crippen LogP contribution in [0, 0.1) is 0 Å². The Kier molecular flexibility index (Phi) is 3.42. The van der Waals surface area contributed by atoms with Gasteiger partial charge in [-0.25, -0.2) is 0 Å². The van der Waals surface area contributed by atoms with Crippen molar-refractivity contribution in [1.82, 2.24) is 0 Å². The smallest absolute Gasteiger partial charge is 0.259 e. The van der Waals surface area contributed by atoms with E-state index in [-0.39, 0.29) is 11.4 Å². The van der Waals surface area contributed by atoms with Crippen LogP contribution in [0.4, 0.5) is 5.69 Å². The number of anilines is 1. The van der Waals surface area contributed by atoms with Gasteiger partial charge in [-0.15, -0.1) is 0 Å². The number of carbonyl (C=O) groups is 3. The van der Waals surface area contributed by atoms with Crippen LogP contribution in [0.5, 0.6) is 0 Å². The Morgan fingerprint density at radius 1 is 1.00 bits per heavy atom. The van der Waals surface area contributed by atoms with Crippen molar-refractivity contribution in [3.63, 3.8) is 0 Å². The minimum atomic E-state index is -0.562. The van der Waals surface area contributed by atoms with Crippen molar-refractivity contribution in [3.05, 3.63) is 71.0 Å². The average Bonchev–Trinajstić information content (AvgIpc) is 2.88. The van der Waals surface area contributed by atoms with E-state index >= 15 is 0 Å². The number of nitrogens with one attached hydrogen (secondary N) is 1. The maximum atomic E-state index is 12.5. The third-order valence-corrected chi connectivity index (χ3v) is 3.63. The first-order valence-electron chi connectivity index (χ1n) is 6.76. The minimum absolute atomic E-state index is 0.157. The zero-order chi connectivity index (χ0) is 16.6. The highest BCUT2D eigenvalue weighted by Gasteiger charge is 2.25. The van der Waals surface area contributed by atoms with Gasteiger partial charge in [0.25, 0.3) is 5.91 Å². The zero-order valence-electron chi connectivity index (χ0n) is 11.9. The Hall–Kier alpha value is -3.41. The van der Waals surface area contributed by atoms with Crippen LogP contribution in [0.15, 0.2) is 48.7 Å². The number of benzene rings is 2. The van der Waals surface area contributed by atoms with Crippen molar-refractivity contribution < 1.29 is 19.5 Å². The van der Waals surface area contributed by atoms with E-state index in [1.54, 1.807) is 18.2 Å². The van der Waals surface area contributed by atoms with Gasteiger partial charge in [0.15, 0.2) is 5.78 Å². The van der Waals surface area contributed by atoms with Crippen molar-refractivity contribution in [2.75, 3.05) is 5.32 Å². The van der Waals surface area contributed by atoms with Crippen LogP contribution >= 0.6 is 0 Å². The summed E-state index contributed by atoms with van der Waals surface area (Å²) in [6, 6.07) is 10.7. The third kappa shape index (κ3) is 2.46. The second kappa shape index (κ2) is 5.42. The summed E-state index contributed by atoms with van der Waals surface area (Å²) in [7, 11) is 0. The Balaban J connectivity index is 1.94. The molecule has 6 heteroatoms. The second-order valence-electron chi connectivity index (χ2n) is 5.03. The number of ketones is 1. The molecule has 4 N–H and O–H groups in total. The average molecular weight is 308 g/mol. The van der Waals surface area contributed by atoms with Gasteiger partial charge in [-0.2, -0.15) is 0 Å². The molecule has 0 saturated carbocycles. The molecule has 114 valence electrons. The molecule has 0 unspecified atom stereocenters. The van der Waals surface area contributed by atoms with Gasteiger partial charge in [-0.1, -0.05) is 24.3 Å². The van der Waals surface area contributed by atoms with Crippen molar-refractivity contribution in [1.29, 1.82) is 0 Å². The summed E-state index contributed by atoms with van der Waals surface area (Å²) in [4.78, 5) is 35.2. The summed E-state index contributed by atoms with van der Waals surface area (Å²) in [6.45, 7) is 0. The van der Waals surface area contributed by atoms with Crippen LogP contribution in [0.3, 0.4) is 0 Å². The molecule has 1 aliphatic rings. The molecule has 2 aromatic carbocycles. The van der Waals surface area contributed by atoms with Crippen molar-refractivity contribution in [3.8, 4) is 0 Å². The Morgan fingerprint density at radius 3 is 2.22 bits per heavy atom. The number of hydrogen-bond donors (Lipinski definition) is 3. The van der Waals surface area contributed by atoms with Gasteiger partial charge in [0.2, 0.25) is 5.91 Å². The van der Waals surface area contributed by atoms with E-state index in [2.05, 4.69) is 5.32 Å². The van der Waals surface area contributed by atoms with Crippen LogP contribution in [-0.2, 0) is 4.79 Å². The Labute approximate surface area is 131 Å². The fourth-order valence-corrected chi connectivity index (χ4v) is 2.42. The van der Waals surface area contributed by atoms with E-state index in [0.29, 0.717) is 27.9 Å². The van der Waals surface area contributed by atoms with Gasteiger partial charge in [-0.3, -0.25) is 14.4 Å². The molecular formula is C17H12N2O4. The molecule has 1 heterocycles. The molecule has 0 spiro atoms. The molecule has 23 heavy (non-hydrogen) atoms. The second-order valence-corrected chi connectivity index (χ2v) is 5.03. The molecule has 0 radical (unpaired) electrons. The summed E-state index contributed by atoms with van der Waals surface area (Å²) in [5, 5.41) is 11.7. The summed E-state index contributed by atoms with van der Waals surface area (Å²) in [6.07, 6.45) is 0.741. The van der Waals surface area contributed by atoms with Gasteiger partial charge >= 0.3 is 0 Å². The number of rotatable bonds is 3. The lowest BCUT2D eigenvalue weighted by atomic mass is 9.99. The first-order valence-corrected chi connectivity index (χ1v) is 6.76. The number of nitrogens with two attached hydrogens (primary N) is 1. The minimum Gasteiger partial charge on any atom is -0.515 e. The molecule has 0 saturated heterocycles. The number of amides is 2. The lowest BCUT2D eigenvalue weighted by Gasteiger charge is -2.05. The summed E-state index contributed by atoms with van der Waals surface area (Å²) in [5.74, 6) is -1.23. The van der Waals surface area contributed by atoms with E-state index < -0.39 is 11.8 Å². The first-order chi connectivity index (χ1) is 11.0. The van der Waals surface area contributed by atoms with E-state index in [0.717, 1.165) is 6.26 Å². The summed E-state index contributed by atoms with van der Waals surface area (Å²) >= 11 is 0. The number of aliphatic hydroxyl groups is 1. The first kappa shape index (κ1) is 14.5. The molecule has 0 aromatic heterocycles. The molecule has 6 nitrogen and oxygen atoms in total. The fourth-order valence-electron chi connectivity index (χ4n) is 2.42. The molecule has 3 rings (SSSR count). The highest BCUT2D eigenvalue weighted by molar-refractivity contribution is 6.31. The van der Waals surface area contributed by atoms with Gasteiger partial charge in [0, 0.05) is 27.9 Å². The molecule has 0 bridgehead atoms. The third-order valence-electron chi connectivity index (χ3n) is 3.63. The van der Waals surface area contributed by atoms with E-state index in [1.165, 1.54) is 24.3 Å².